The van der Waals surface area contributed by atoms with E-state index in [2.05, 4.69) is 20.3 Å². The summed E-state index contributed by atoms with van der Waals surface area (Å²) in [7, 11) is 0. The molecule has 0 aliphatic carbocycles. The van der Waals surface area contributed by atoms with E-state index in [9.17, 15) is 4.79 Å². The van der Waals surface area contributed by atoms with Crippen molar-refractivity contribution in [2.24, 2.45) is 4.99 Å². The predicted molar refractivity (Wildman–Crippen MR) is 90.7 cm³/mol. The Labute approximate surface area is 133 Å². The van der Waals surface area contributed by atoms with Crippen LogP contribution in [-0.4, -0.2) is 27.8 Å². The summed E-state index contributed by atoms with van der Waals surface area (Å²) in [5, 5.41) is 3.19. The maximum atomic E-state index is 12.0. The quantitative estimate of drug-likeness (QED) is 0.804. The lowest BCUT2D eigenvalue weighted by molar-refractivity contribution is 0.369. The number of nitrogens with two attached hydrogens (primary N) is 1. The lowest BCUT2D eigenvalue weighted by atomic mass is 9.96. The lowest BCUT2D eigenvalue weighted by Crippen LogP contribution is -2.46. The monoisotopic (exact) mass is 313 g/mol. The Morgan fingerprint density at radius 3 is 2.65 bits per heavy atom. The number of nitrogen functional groups attached to an aromatic ring is 1. The van der Waals surface area contributed by atoms with Crippen molar-refractivity contribution in [3.63, 3.8) is 0 Å². The predicted octanol–water partition coefficient (Wildman–Crippen LogP) is 2.02. The summed E-state index contributed by atoms with van der Waals surface area (Å²) in [6, 6.07) is 7.77. The van der Waals surface area contributed by atoms with Crippen LogP contribution in [0.15, 0.2) is 34.1 Å². The van der Waals surface area contributed by atoms with E-state index in [1.165, 1.54) is 5.56 Å². The molecule has 0 fully saturated rings. The molecule has 23 heavy (non-hydrogen) atoms. The maximum Gasteiger partial charge on any atom is 0.280 e. The minimum absolute atomic E-state index is 0.0617. The first kappa shape index (κ1) is 15.1. The Kier molecular flexibility index (Phi) is 3.55. The number of nitrogens with one attached hydrogen (secondary N) is 2. The summed E-state index contributed by atoms with van der Waals surface area (Å²) >= 11 is 0. The molecular weight excluding hydrogens is 294 g/mol. The van der Waals surface area contributed by atoms with Gasteiger partial charge in [0.1, 0.15) is 12.4 Å². The minimum Gasteiger partial charge on any atom is -0.488 e. The van der Waals surface area contributed by atoms with Crippen molar-refractivity contribution in [3.8, 4) is 5.75 Å². The van der Waals surface area contributed by atoms with Gasteiger partial charge in [0.05, 0.1) is 11.3 Å². The first-order valence-corrected chi connectivity index (χ1v) is 7.30. The summed E-state index contributed by atoms with van der Waals surface area (Å²) in [5.41, 5.74) is 6.81. The number of hydrogen-bond acceptors (Lipinski definition) is 6. The van der Waals surface area contributed by atoms with Crippen LogP contribution in [0.3, 0.4) is 0 Å². The molecule has 1 aliphatic heterocycles. The van der Waals surface area contributed by atoms with Gasteiger partial charge in [0.25, 0.3) is 5.56 Å². The Hall–Kier alpha value is -2.83. The molecular formula is C16H19N5O2. The van der Waals surface area contributed by atoms with Gasteiger partial charge in [0.2, 0.25) is 5.95 Å². The molecule has 0 saturated heterocycles. The number of aryl methyl sites for hydroxylation is 1. The van der Waals surface area contributed by atoms with Gasteiger partial charge in [-0.25, -0.2) is 4.99 Å². The molecule has 1 aromatic heterocycles. The molecule has 0 amide bonds. The molecule has 3 rings (SSSR count). The van der Waals surface area contributed by atoms with Gasteiger partial charge in [0.15, 0.2) is 11.5 Å². The van der Waals surface area contributed by atoms with Gasteiger partial charge in [-0.1, -0.05) is 17.7 Å². The van der Waals surface area contributed by atoms with E-state index >= 15 is 0 Å². The van der Waals surface area contributed by atoms with Crippen molar-refractivity contribution in [2.45, 2.75) is 26.3 Å². The van der Waals surface area contributed by atoms with Gasteiger partial charge in [-0.15, -0.1) is 0 Å². The number of benzene rings is 1. The van der Waals surface area contributed by atoms with Gasteiger partial charge in [0, 0.05) is 0 Å². The van der Waals surface area contributed by atoms with Gasteiger partial charge < -0.3 is 15.8 Å². The molecule has 1 aliphatic rings. The maximum absolute atomic E-state index is 12.0. The third-order valence-electron chi connectivity index (χ3n) is 3.71. The van der Waals surface area contributed by atoms with Crippen LogP contribution in [0.5, 0.6) is 5.75 Å². The second-order valence-corrected chi connectivity index (χ2v) is 6.06. The van der Waals surface area contributed by atoms with E-state index in [1.807, 2.05) is 45.0 Å². The summed E-state index contributed by atoms with van der Waals surface area (Å²) < 4.78 is 5.79. The number of ether oxygens (including phenoxy) is 1. The van der Waals surface area contributed by atoms with Gasteiger partial charge in [-0.2, -0.15) is 4.98 Å². The average Bonchev–Trinajstić information content (AvgIpc) is 2.46. The normalized spacial score (nSPS) is 15.3. The van der Waals surface area contributed by atoms with Crippen molar-refractivity contribution in [3.05, 3.63) is 40.2 Å². The van der Waals surface area contributed by atoms with Crippen LogP contribution >= 0.6 is 0 Å². The molecule has 120 valence electrons. The molecule has 7 heteroatoms. The van der Waals surface area contributed by atoms with Crippen molar-refractivity contribution in [2.75, 3.05) is 17.7 Å². The number of hydrogen-bond donors (Lipinski definition) is 3. The smallest absolute Gasteiger partial charge is 0.280 e. The summed E-state index contributed by atoms with van der Waals surface area (Å²) in [4.78, 5) is 23.0. The number of rotatable bonds is 3. The zero-order valence-electron chi connectivity index (χ0n) is 13.3. The van der Waals surface area contributed by atoms with Crippen molar-refractivity contribution >= 4 is 23.2 Å². The van der Waals surface area contributed by atoms with Crippen LogP contribution in [0.1, 0.15) is 19.4 Å². The number of aliphatic imine (C=N–C) groups is 1. The zero-order chi connectivity index (χ0) is 16.6. The highest BCUT2D eigenvalue weighted by atomic mass is 16.5. The standard InChI is InChI=1S/C16H19N5O2/c1-9-4-6-10(7-5-9)23-8-11-16(2,3)21-13-12(18-11)14(22)20-15(17)19-13/h4-7H,8H2,1-3H3,(H4,17,19,20,21,22). The number of aromatic amines is 1. The molecule has 0 radical (unpaired) electrons. The third kappa shape index (κ3) is 3.03. The Balaban J connectivity index is 1.89. The summed E-state index contributed by atoms with van der Waals surface area (Å²) in [5.74, 6) is 1.20. The minimum atomic E-state index is -0.495. The fraction of sp³-hybridized carbons (Fsp3) is 0.312. The highest BCUT2D eigenvalue weighted by Gasteiger charge is 2.32. The lowest BCUT2D eigenvalue weighted by Gasteiger charge is -2.32. The Bertz CT molecular complexity index is 821. The SMILES string of the molecule is Cc1ccc(OCC2=Nc3c(nc(N)[nH]c3=O)NC2(C)C)cc1. The van der Waals surface area contributed by atoms with Crippen molar-refractivity contribution in [1.29, 1.82) is 0 Å². The van der Waals surface area contributed by atoms with E-state index < -0.39 is 5.54 Å². The Morgan fingerprint density at radius 2 is 1.96 bits per heavy atom. The second-order valence-electron chi connectivity index (χ2n) is 6.06. The number of nitrogens with zero attached hydrogens (tertiary/aromatic N) is 2. The number of anilines is 2. The van der Waals surface area contributed by atoms with Crippen molar-refractivity contribution in [1.82, 2.24) is 9.97 Å². The third-order valence-corrected chi connectivity index (χ3v) is 3.71. The molecule has 0 unspecified atom stereocenters. The van der Waals surface area contributed by atoms with Crippen LogP contribution in [-0.2, 0) is 0 Å². The van der Waals surface area contributed by atoms with Crippen LogP contribution in [0.25, 0.3) is 0 Å². The van der Waals surface area contributed by atoms with E-state index in [0.29, 0.717) is 11.5 Å². The number of fused-ring (bicyclic) bond motifs is 1. The molecule has 2 aromatic rings. The first-order valence-electron chi connectivity index (χ1n) is 7.30. The summed E-state index contributed by atoms with van der Waals surface area (Å²) in [6.07, 6.45) is 0. The van der Waals surface area contributed by atoms with E-state index in [-0.39, 0.29) is 23.8 Å². The van der Waals surface area contributed by atoms with E-state index in [4.69, 9.17) is 10.5 Å². The fourth-order valence-corrected chi connectivity index (χ4v) is 2.32. The molecule has 4 N–H and O–H groups in total. The molecule has 0 bridgehead atoms. The van der Waals surface area contributed by atoms with Crippen LogP contribution in [0.2, 0.25) is 0 Å². The van der Waals surface area contributed by atoms with Gasteiger partial charge in [-0.05, 0) is 32.9 Å². The molecule has 1 aromatic carbocycles. The Morgan fingerprint density at radius 1 is 1.26 bits per heavy atom. The number of H-pyrrole nitrogens is 1. The fourth-order valence-electron chi connectivity index (χ4n) is 2.32. The van der Waals surface area contributed by atoms with Crippen molar-refractivity contribution < 1.29 is 4.74 Å². The topological polar surface area (TPSA) is 105 Å². The largest absolute Gasteiger partial charge is 0.488 e. The molecule has 0 spiro atoms. The zero-order valence-corrected chi connectivity index (χ0v) is 13.3. The van der Waals surface area contributed by atoms with Crippen LogP contribution < -0.4 is 21.3 Å². The van der Waals surface area contributed by atoms with Crippen LogP contribution in [0, 0.1) is 6.92 Å². The van der Waals surface area contributed by atoms with Crippen LogP contribution in [0.4, 0.5) is 17.5 Å². The summed E-state index contributed by atoms with van der Waals surface area (Å²) in [6.45, 7) is 6.19. The molecule has 0 saturated carbocycles. The molecule has 0 atom stereocenters. The molecule has 2 heterocycles. The first-order chi connectivity index (χ1) is 10.8. The average molecular weight is 313 g/mol. The van der Waals surface area contributed by atoms with E-state index in [0.717, 1.165) is 5.75 Å². The van der Waals surface area contributed by atoms with Gasteiger partial charge >= 0.3 is 0 Å². The van der Waals surface area contributed by atoms with E-state index in [1.54, 1.807) is 0 Å². The molecule has 7 nitrogen and oxygen atoms in total. The highest BCUT2D eigenvalue weighted by molar-refractivity contribution is 6.01. The second kappa shape index (κ2) is 5.42. The highest BCUT2D eigenvalue weighted by Crippen LogP contribution is 2.29. The number of aromatic nitrogens is 2. The van der Waals surface area contributed by atoms with Gasteiger partial charge in [-0.3, -0.25) is 9.78 Å².